The molecule has 0 spiro atoms. The number of amides is 3. The molecule has 8 nitrogen and oxygen atoms in total. The van der Waals surface area contributed by atoms with Crippen molar-refractivity contribution in [2.24, 2.45) is 0 Å². The van der Waals surface area contributed by atoms with E-state index in [0.29, 0.717) is 0 Å². The summed E-state index contributed by atoms with van der Waals surface area (Å²) in [5.41, 5.74) is 1.27. The number of thioether (sulfide) groups is 1. The first-order valence-electron chi connectivity index (χ1n) is 11.0. The van der Waals surface area contributed by atoms with Crippen LogP contribution in [0.2, 0.25) is 0 Å². The lowest BCUT2D eigenvalue weighted by Crippen LogP contribution is -2.59. The number of carbonyl (C=O) groups excluding carboxylic acids is 4. The molecule has 2 N–H and O–H groups in total. The van der Waals surface area contributed by atoms with E-state index >= 15 is 0 Å². The third-order valence-electron chi connectivity index (χ3n) is 5.54. The van der Waals surface area contributed by atoms with Crippen LogP contribution in [-0.2, 0) is 23.9 Å². The molecule has 0 aliphatic carbocycles. The monoisotopic (exact) mass is 513 g/mol. The van der Waals surface area contributed by atoms with Gasteiger partial charge in [-0.05, 0) is 11.1 Å². The van der Waals surface area contributed by atoms with Crippen molar-refractivity contribution in [1.82, 2.24) is 15.5 Å². The molecule has 2 aliphatic rings. The van der Waals surface area contributed by atoms with Crippen LogP contribution < -0.4 is 10.6 Å². The van der Waals surface area contributed by atoms with Crippen LogP contribution in [0.25, 0.3) is 0 Å². The molecule has 0 radical (unpaired) electrons. The van der Waals surface area contributed by atoms with Crippen molar-refractivity contribution in [1.29, 1.82) is 0 Å². The minimum absolute atomic E-state index is 0.0375. The van der Waals surface area contributed by atoms with Gasteiger partial charge in [-0.15, -0.1) is 23.4 Å². The largest absolute Gasteiger partial charge is 0.448 e. The molecule has 0 bridgehead atoms. The Hall–Kier alpha value is -3.30. The minimum atomic E-state index is -0.827. The van der Waals surface area contributed by atoms with E-state index in [1.54, 1.807) is 0 Å². The number of alkyl halides is 1. The average Bonchev–Trinajstić information content (AvgIpc) is 2.85. The Labute approximate surface area is 212 Å². The number of hydrogen-bond donors (Lipinski definition) is 2. The lowest BCUT2D eigenvalue weighted by molar-refractivity contribution is -0.152. The van der Waals surface area contributed by atoms with Gasteiger partial charge in [-0.2, -0.15) is 0 Å². The van der Waals surface area contributed by atoms with Gasteiger partial charge in [0.15, 0.2) is 6.10 Å². The van der Waals surface area contributed by atoms with Crippen LogP contribution in [0.5, 0.6) is 0 Å². The van der Waals surface area contributed by atoms with E-state index < -0.39 is 28.7 Å². The highest BCUT2D eigenvalue weighted by Crippen LogP contribution is 2.44. The molecule has 0 aromatic heterocycles. The van der Waals surface area contributed by atoms with Gasteiger partial charge in [-0.1, -0.05) is 60.7 Å². The van der Waals surface area contributed by atoms with Crippen LogP contribution in [0.3, 0.4) is 0 Å². The van der Waals surface area contributed by atoms with Gasteiger partial charge in [-0.3, -0.25) is 19.3 Å². The Morgan fingerprint density at radius 1 is 1.09 bits per heavy atom. The second-order valence-corrected chi connectivity index (χ2v) is 9.62. The van der Waals surface area contributed by atoms with E-state index in [-0.39, 0.29) is 41.9 Å². The van der Waals surface area contributed by atoms with E-state index in [4.69, 9.17) is 16.3 Å². The highest BCUT2D eigenvalue weighted by molar-refractivity contribution is 8.00. The fourth-order valence-corrected chi connectivity index (χ4v) is 5.55. The Bertz CT molecular complexity index is 1120. The number of hydrogen-bond acceptors (Lipinski definition) is 6. The molecule has 1 fully saturated rings. The predicted octanol–water partition coefficient (Wildman–Crippen LogP) is 2.70. The number of benzene rings is 2. The number of carbonyl (C=O) groups is 4. The molecule has 182 valence electrons. The maximum atomic E-state index is 13.7. The fraction of sp³-hybridized carbons (Fsp3) is 0.280. The molecule has 2 aromatic carbocycles. The van der Waals surface area contributed by atoms with Crippen molar-refractivity contribution in [3.8, 4) is 0 Å². The van der Waals surface area contributed by atoms with Crippen molar-refractivity contribution in [2.75, 3.05) is 12.4 Å². The van der Waals surface area contributed by atoms with Gasteiger partial charge in [-0.25, -0.2) is 4.79 Å². The van der Waals surface area contributed by atoms with Gasteiger partial charge in [0.1, 0.15) is 11.1 Å². The van der Waals surface area contributed by atoms with Crippen LogP contribution in [0.4, 0.5) is 0 Å². The third kappa shape index (κ3) is 5.36. The van der Waals surface area contributed by atoms with Crippen molar-refractivity contribution in [2.45, 2.75) is 30.2 Å². The van der Waals surface area contributed by atoms with Crippen LogP contribution in [0, 0.1) is 0 Å². The van der Waals surface area contributed by atoms with Gasteiger partial charge >= 0.3 is 5.97 Å². The predicted molar refractivity (Wildman–Crippen MR) is 132 cm³/mol. The Balaban J connectivity index is 1.77. The molecular formula is C25H24ClN3O5S. The SMILES string of the molecule is CC(=O)NC1S[C@H]2CC(=O)N2C(C(=O)OC(c2ccccc2)c2ccccc2)=C1C(=O)NCCCl. The van der Waals surface area contributed by atoms with Crippen LogP contribution in [0.15, 0.2) is 71.9 Å². The van der Waals surface area contributed by atoms with Crippen LogP contribution >= 0.6 is 23.4 Å². The van der Waals surface area contributed by atoms with Crippen LogP contribution in [0.1, 0.15) is 30.6 Å². The van der Waals surface area contributed by atoms with Gasteiger partial charge < -0.3 is 15.4 Å². The number of rotatable bonds is 8. The van der Waals surface area contributed by atoms with Crippen molar-refractivity contribution in [3.05, 3.63) is 83.1 Å². The number of fused-ring (bicyclic) bond motifs is 1. The van der Waals surface area contributed by atoms with Gasteiger partial charge in [0, 0.05) is 19.3 Å². The first kappa shape index (κ1) is 24.8. The Morgan fingerprint density at radius 2 is 1.69 bits per heavy atom. The number of β-lactam (4-membered cyclic amide) rings is 1. The molecule has 1 unspecified atom stereocenters. The molecule has 2 heterocycles. The second kappa shape index (κ2) is 11.0. The van der Waals surface area contributed by atoms with E-state index in [2.05, 4.69) is 10.6 Å². The van der Waals surface area contributed by atoms with Gasteiger partial charge in [0.25, 0.3) is 5.91 Å². The van der Waals surface area contributed by atoms with Crippen LogP contribution in [-0.4, -0.2) is 51.8 Å². The zero-order chi connectivity index (χ0) is 24.9. The summed E-state index contributed by atoms with van der Waals surface area (Å²) in [5, 5.41) is 4.14. The second-order valence-electron chi connectivity index (χ2n) is 7.95. The lowest BCUT2D eigenvalue weighted by atomic mass is 10.0. The maximum absolute atomic E-state index is 13.7. The first-order valence-corrected chi connectivity index (χ1v) is 12.5. The number of esters is 1. The number of nitrogens with one attached hydrogen (secondary N) is 2. The van der Waals surface area contributed by atoms with Gasteiger partial charge in [0.2, 0.25) is 11.8 Å². The van der Waals surface area contributed by atoms with E-state index in [9.17, 15) is 19.2 Å². The highest BCUT2D eigenvalue weighted by Gasteiger charge is 2.51. The highest BCUT2D eigenvalue weighted by atomic mass is 35.5. The number of ether oxygens (including phenoxy) is 1. The molecule has 0 saturated carbocycles. The quantitative estimate of drug-likeness (QED) is 0.319. The smallest absolute Gasteiger partial charge is 0.356 e. The van der Waals surface area contributed by atoms with E-state index in [0.717, 1.165) is 11.1 Å². The molecule has 3 amide bonds. The number of nitrogens with zero attached hydrogens (tertiary/aromatic N) is 1. The molecule has 35 heavy (non-hydrogen) atoms. The summed E-state index contributed by atoms with van der Waals surface area (Å²) in [6, 6.07) is 18.4. The average molecular weight is 514 g/mol. The fourth-order valence-electron chi connectivity index (χ4n) is 3.97. The molecule has 2 aliphatic heterocycles. The Kier molecular flexibility index (Phi) is 7.77. The van der Waals surface area contributed by atoms with Crippen molar-refractivity contribution >= 4 is 47.1 Å². The summed E-state index contributed by atoms with van der Waals surface area (Å²) in [7, 11) is 0. The number of halogens is 1. The summed E-state index contributed by atoms with van der Waals surface area (Å²) in [5.74, 6) is -1.94. The third-order valence-corrected chi connectivity index (χ3v) is 7.05. The van der Waals surface area contributed by atoms with Crippen molar-refractivity contribution < 1.29 is 23.9 Å². The summed E-state index contributed by atoms with van der Waals surface area (Å²) >= 11 is 6.96. The summed E-state index contributed by atoms with van der Waals surface area (Å²) in [6.45, 7) is 1.48. The summed E-state index contributed by atoms with van der Waals surface area (Å²) in [6.07, 6.45) is -0.581. The topological polar surface area (TPSA) is 105 Å². The normalized spacial score (nSPS) is 19.1. The van der Waals surface area contributed by atoms with E-state index in [1.807, 2.05) is 60.7 Å². The Morgan fingerprint density at radius 3 is 2.20 bits per heavy atom. The molecule has 4 rings (SSSR count). The zero-order valence-electron chi connectivity index (χ0n) is 18.9. The maximum Gasteiger partial charge on any atom is 0.356 e. The first-order chi connectivity index (χ1) is 16.9. The summed E-state index contributed by atoms with van der Waals surface area (Å²) in [4.78, 5) is 52.6. The lowest BCUT2D eigenvalue weighted by Gasteiger charge is -2.46. The molecular weight excluding hydrogens is 490 g/mol. The van der Waals surface area contributed by atoms with Crippen molar-refractivity contribution in [3.63, 3.8) is 0 Å². The summed E-state index contributed by atoms with van der Waals surface area (Å²) < 4.78 is 5.98. The molecule has 2 aromatic rings. The standard InChI is InChI=1S/C25H24ClN3O5S/c1-15(30)28-24-20(23(32)27-13-12-26)21(29-18(31)14-19(29)35-24)25(33)34-22(16-8-4-2-5-9-16)17-10-6-3-7-11-17/h2-11,19,22,24H,12-14H2,1H3,(H,27,32)(H,28,30)/t19-,24?/m0/s1. The molecule has 2 atom stereocenters. The van der Waals surface area contributed by atoms with E-state index in [1.165, 1.54) is 23.6 Å². The molecule has 10 heteroatoms. The zero-order valence-corrected chi connectivity index (χ0v) is 20.5. The molecule has 1 saturated heterocycles. The minimum Gasteiger partial charge on any atom is -0.448 e. The van der Waals surface area contributed by atoms with Gasteiger partial charge in [0.05, 0.1) is 17.4 Å².